The zero-order chi connectivity index (χ0) is 18.4. The van der Waals surface area contributed by atoms with E-state index in [0.717, 1.165) is 0 Å². The van der Waals surface area contributed by atoms with Crippen molar-refractivity contribution in [1.82, 2.24) is 9.80 Å². The molecule has 8 heteroatoms. The fourth-order valence-corrected chi connectivity index (χ4v) is 2.74. The minimum Gasteiger partial charge on any atom is -0.495 e. The van der Waals surface area contributed by atoms with Gasteiger partial charge in [0.15, 0.2) is 0 Å². The summed E-state index contributed by atoms with van der Waals surface area (Å²) < 4.78 is 9.93. The number of hydrogen-bond acceptors (Lipinski definition) is 5. The number of nitrogens with zero attached hydrogens (tertiary/aromatic N) is 2. The zero-order valence-electron chi connectivity index (χ0n) is 14.7. The maximum Gasteiger partial charge on any atom is 0.409 e. The minimum atomic E-state index is -0.383. The van der Waals surface area contributed by atoms with E-state index in [0.29, 0.717) is 49.6 Å². The summed E-state index contributed by atoms with van der Waals surface area (Å²) in [6.45, 7) is 3.34. The Morgan fingerprint density at radius 3 is 2.36 bits per heavy atom. The number of carbonyl (C=O) groups excluding carboxylic acids is 3. The highest BCUT2D eigenvalue weighted by Gasteiger charge is 2.23. The number of hydrogen-bond donors (Lipinski definition) is 1. The number of benzene rings is 1. The van der Waals surface area contributed by atoms with Gasteiger partial charge in [0, 0.05) is 38.7 Å². The van der Waals surface area contributed by atoms with Crippen molar-refractivity contribution in [2.24, 2.45) is 0 Å². The van der Waals surface area contributed by atoms with Crippen molar-refractivity contribution in [3.63, 3.8) is 0 Å². The molecule has 0 spiro atoms. The molecule has 2 rings (SSSR count). The highest BCUT2D eigenvalue weighted by molar-refractivity contribution is 5.98. The predicted octanol–water partition coefficient (Wildman–Crippen LogP) is 1.57. The summed E-state index contributed by atoms with van der Waals surface area (Å²) in [6, 6.07) is 4.91. The fourth-order valence-electron chi connectivity index (χ4n) is 2.74. The van der Waals surface area contributed by atoms with Crippen LogP contribution in [0.2, 0.25) is 0 Å². The van der Waals surface area contributed by atoms with Crippen molar-refractivity contribution in [2.75, 3.05) is 45.7 Å². The molecule has 0 radical (unpaired) electrons. The van der Waals surface area contributed by atoms with E-state index in [9.17, 15) is 14.4 Å². The van der Waals surface area contributed by atoms with E-state index in [1.165, 1.54) is 21.1 Å². The lowest BCUT2D eigenvalue weighted by Crippen LogP contribution is -2.37. The third kappa shape index (κ3) is 4.62. The molecule has 8 nitrogen and oxygen atoms in total. The van der Waals surface area contributed by atoms with Crippen LogP contribution >= 0.6 is 0 Å². The van der Waals surface area contributed by atoms with Crippen molar-refractivity contribution >= 4 is 23.6 Å². The largest absolute Gasteiger partial charge is 0.495 e. The average Bonchev–Trinajstić information content (AvgIpc) is 2.86. The first-order valence-electron chi connectivity index (χ1n) is 8.04. The molecule has 1 N–H and O–H groups in total. The fraction of sp³-hybridized carbons (Fsp3) is 0.471. The Bertz CT molecular complexity index is 662. The van der Waals surface area contributed by atoms with Crippen LogP contribution in [0.15, 0.2) is 18.2 Å². The molecule has 1 aromatic rings. The maximum atomic E-state index is 12.8. The molecule has 0 bridgehead atoms. The third-order valence-corrected chi connectivity index (χ3v) is 3.97. The third-order valence-electron chi connectivity index (χ3n) is 3.97. The molecule has 0 atom stereocenters. The molecule has 1 aromatic carbocycles. The number of methoxy groups -OCH3 is 2. The second-order valence-electron chi connectivity index (χ2n) is 5.70. The van der Waals surface area contributed by atoms with E-state index in [1.54, 1.807) is 28.0 Å². The monoisotopic (exact) mass is 349 g/mol. The van der Waals surface area contributed by atoms with Crippen LogP contribution in [-0.4, -0.2) is 68.1 Å². The lowest BCUT2D eigenvalue weighted by atomic mass is 10.1. The van der Waals surface area contributed by atoms with Crippen molar-refractivity contribution < 1.29 is 23.9 Å². The standard InChI is InChI=1S/C17H23N3O5/c1-12(21)18-14-11-13(5-6-15(14)24-2)16(22)19-7-4-8-20(10-9-19)17(23)25-3/h5-6,11H,4,7-10H2,1-3H3,(H,18,21). The minimum absolute atomic E-state index is 0.152. The predicted molar refractivity (Wildman–Crippen MR) is 91.8 cm³/mol. The van der Waals surface area contributed by atoms with Gasteiger partial charge in [-0.2, -0.15) is 0 Å². The summed E-state index contributed by atoms with van der Waals surface area (Å²) in [6.07, 6.45) is 0.293. The van der Waals surface area contributed by atoms with Crippen LogP contribution in [-0.2, 0) is 9.53 Å². The second kappa shape index (κ2) is 8.36. The number of carbonyl (C=O) groups is 3. The Labute approximate surface area is 146 Å². The first kappa shape index (κ1) is 18.6. The van der Waals surface area contributed by atoms with Gasteiger partial charge in [0.2, 0.25) is 5.91 Å². The van der Waals surface area contributed by atoms with Gasteiger partial charge in [-0.15, -0.1) is 0 Å². The molecule has 1 aliphatic rings. The van der Waals surface area contributed by atoms with Crippen LogP contribution in [0.5, 0.6) is 5.75 Å². The summed E-state index contributed by atoms with van der Waals surface area (Å²) in [4.78, 5) is 39.0. The molecule has 1 aliphatic heterocycles. The van der Waals surface area contributed by atoms with Gasteiger partial charge in [-0.25, -0.2) is 4.79 Å². The molecule has 0 aliphatic carbocycles. The molecule has 25 heavy (non-hydrogen) atoms. The van der Waals surface area contributed by atoms with Crippen LogP contribution in [0.1, 0.15) is 23.7 Å². The summed E-state index contributed by atoms with van der Waals surface area (Å²) in [7, 11) is 2.84. The molecule has 0 unspecified atom stereocenters. The summed E-state index contributed by atoms with van der Waals surface area (Å²) >= 11 is 0. The Hall–Kier alpha value is -2.77. The van der Waals surface area contributed by atoms with Gasteiger partial charge < -0.3 is 24.6 Å². The van der Waals surface area contributed by atoms with Gasteiger partial charge in [0.05, 0.1) is 19.9 Å². The molecule has 0 saturated carbocycles. The van der Waals surface area contributed by atoms with E-state index in [-0.39, 0.29) is 17.9 Å². The second-order valence-corrected chi connectivity index (χ2v) is 5.70. The topological polar surface area (TPSA) is 88.2 Å². The van der Waals surface area contributed by atoms with Crippen molar-refractivity contribution in [1.29, 1.82) is 0 Å². The van der Waals surface area contributed by atoms with Crippen LogP contribution < -0.4 is 10.1 Å². The molecule has 1 saturated heterocycles. The average molecular weight is 349 g/mol. The van der Waals surface area contributed by atoms with Crippen molar-refractivity contribution in [3.05, 3.63) is 23.8 Å². The first-order chi connectivity index (χ1) is 12.0. The molecule has 3 amide bonds. The van der Waals surface area contributed by atoms with E-state index in [1.807, 2.05) is 0 Å². The Morgan fingerprint density at radius 2 is 1.72 bits per heavy atom. The normalized spacial score (nSPS) is 14.5. The number of nitrogens with one attached hydrogen (secondary N) is 1. The maximum absolute atomic E-state index is 12.8. The van der Waals surface area contributed by atoms with Crippen LogP contribution in [0.3, 0.4) is 0 Å². The number of rotatable bonds is 3. The number of ether oxygens (including phenoxy) is 2. The van der Waals surface area contributed by atoms with E-state index < -0.39 is 0 Å². The van der Waals surface area contributed by atoms with E-state index in [4.69, 9.17) is 9.47 Å². The molecule has 1 heterocycles. The van der Waals surface area contributed by atoms with Crippen LogP contribution in [0.25, 0.3) is 0 Å². The molecule has 1 fully saturated rings. The van der Waals surface area contributed by atoms with Crippen molar-refractivity contribution in [3.8, 4) is 5.75 Å². The number of anilines is 1. The first-order valence-corrected chi connectivity index (χ1v) is 8.04. The molecular weight excluding hydrogens is 326 g/mol. The van der Waals surface area contributed by atoms with E-state index in [2.05, 4.69) is 5.32 Å². The van der Waals surface area contributed by atoms with Gasteiger partial charge in [-0.05, 0) is 24.6 Å². The van der Waals surface area contributed by atoms with Crippen LogP contribution in [0.4, 0.5) is 10.5 Å². The van der Waals surface area contributed by atoms with Gasteiger partial charge >= 0.3 is 6.09 Å². The zero-order valence-corrected chi connectivity index (χ0v) is 14.7. The van der Waals surface area contributed by atoms with Crippen LogP contribution in [0, 0.1) is 0 Å². The molecular formula is C17H23N3O5. The lowest BCUT2D eigenvalue weighted by Gasteiger charge is -2.22. The van der Waals surface area contributed by atoms with Gasteiger partial charge in [0.25, 0.3) is 5.91 Å². The smallest absolute Gasteiger partial charge is 0.409 e. The van der Waals surface area contributed by atoms with Crippen molar-refractivity contribution in [2.45, 2.75) is 13.3 Å². The molecule has 136 valence electrons. The summed E-state index contributed by atoms with van der Waals surface area (Å²) in [5.41, 5.74) is 0.905. The van der Waals surface area contributed by atoms with Gasteiger partial charge in [-0.3, -0.25) is 9.59 Å². The Balaban J connectivity index is 2.14. The SMILES string of the molecule is COC(=O)N1CCCN(C(=O)c2ccc(OC)c(NC(C)=O)c2)CC1. The number of amides is 3. The molecule has 0 aromatic heterocycles. The highest BCUT2D eigenvalue weighted by Crippen LogP contribution is 2.26. The summed E-state index contributed by atoms with van der Waals surface area (Å²) in [5.74, 6) is 0.0897. The Morgan fingerprint density at radius 1 is 1.04 bits per heavy atom. The lowest BCUT2D eigenvalue weighted by molar-refractivity contribution is -0.114. The van der Waals surface area contributed by atoms with E-state index >= 15 is 0 Å². The Kier molecular flexibility index (Phi) is 6.21. The highest BCUT2D eigenvalue weighted by atomic mass is 16.5. The quantitative estimate of drug-likeness (QED) is 0.895. The summed E-state index contributed by atoms with van der Waals surface area (Å²) in [5, 5.41) is 2.66. The van der Waals surface area contributed by atoms with Gasteiger partial charge in [0.1, 0.15) is 5.75 Å². The van der Waals surface area contributed by atoms with Gasteiger partial charge in [-0.1, -0.05) is 0 Å².